The van der Waals surface area contributed by atoms with Crippen molar-refractivity contribution in [1.29, 1.82) is 0 Å². The molecule has 0 bridgehead atoms. The van der Waals surface area contributed by atoms with Crippen molar-refractivity contribution in [2.24, 2.45) is 0 Å². The number of benzene rings is 3. The van der Waals surface area contributed by atoms with Crippen molar-refractivity contribution in [3.8, 4) is 5.75 Å². The summed E-state index contributed by atoms with van der Waals surface area (Å²) in [4.78, 5) is 17.1. The Hall–Kier alpha value is -3.02. The minimum atomic E-state index is 0.00257. The molecular weight excluding hydrogens is 481 g/mol. The van der Waals surface area contributed by atoms with Gasteiger partial charge in [0.1, 0.15) is 18.2 Å². The Labute approximate surface area is 216 Å². The standard InChI is InChI=1S/C28H29Cl2N3O2/c1-19-16-23(17-20(2)28(19)30)35-15-14-33-25-7-4-3-6-24(25)32-26(33)8-5-13-31-27(34)18-21-9-11-22(29)12-10-21/h3-4,6-7,9-12,16-17H,5,8,13-15,18H2,1-2H3,(H,31,34). The molecule has 0 radical (unpaired) electrons. The number of halogens is 2. The van der Waals surface area contributed by atoms with Crippen LogP contribution in [-0.4, -0.2) is 28.6 Å². The summed E-state index contributed by atoms with van der Waals surface area (Å²) >= 11 is 12.2. The van der Waals surface area contributed by atoms with E-state index in [9.17, 15) is 4.79 Å². The van der Waals surface area contributed by atoms with Crippen LogP contribution in [0.1, 0.15) is 28.9 Å². The van der Waals surface area contributed by atoms with Crippen LogP contribution in [-0.2, 0) is 24.2 Å². The van der Waals surface area contributed by atoms with Gasteiger partial charge in [0.2, 0.25) is 5.91 Å². The number of hydrogen-bond acceptors (Lipinski definition) is 3. The Morgan fingerprint density at radius 3 is 2.49 bits per heavy atom. The first-order valence-corrected chi connectivity index (χ1v) is 12.5. The summed E-state index contributed by atoms with van der Waals surface area (Å²) in [5.74, 6) is 1.81. The van der Waals surface area contributed by atoms with Gasteiger partial charge in [-0.25, -0.2) is 4.98 Å². The number of carbonyl (C=O) groups excluding carboxylic acids is 1. The molecule has 0 saturated heterocycles. The predicted molar refractivity (Wildman–Crippen MR) is 143 cm³/mol. The lowest BCUT2D eigenvalue weighted by Crippen LogP contribution is -2.26. The third-order valence-electron chi connectivity index (χ3n) is 5.90. The molecule has 0 fully saturated rings. The van der Waals surface area contributed by atoms with Crippen molar-refractivity contribution >= 4 is 40.1 Å². The fraction of sp³-hybridized carbons (Fsp3) is 0.286. The van der Waals surface area contributed by atoms with Crippen molar-refractivity contribution in [2.45, 2.75) is 39.7 Å². The van der Waals surface area contributed by atoms with E-state index in [0.717, 1.165) is 57.2 Å². The number of carbonyl (C=O) groups is 1. The molecule has 4 rings (SSSR count). The number of para-hydroxylation sites is 2. The number of aromatic nitrogens is 2. The van der Waals surface area contributed by atoms with E-state index in [1.54, 1.807) is 12.1 Å². The van der Waals surface area contributed by atoms with Gasteiger partial charge >= 0.3 is 0 Å². The first-order chi connectivity index (χ1) is 16.9. The van der Waals surface area contributed by atoms with Crippen LogP contribution in [0, 0.1) is 13.8 Å². The zero-order valence-electron chi connectivity index (χ0n) is 20.0. The van der Waals surface area contributed by atoms with Crippen molar-refractivity contribution in [1.82, 2.24) is 14.9 Å². The second kappa shape index (κ2) is 11.6. The quantitative estimate of drug-likeness (QED) is 0.254. The van der Waals surface area contributed by atoms with Gasteiger partial charge in [0.05, 0.1) is 24.0 Å². The van der Waals surface area contributed by atoms with Crippen LogP contribution in [0.2, 0.25) is 10.0 Å². The van der Waals surface area contributed by atoms with E-state index in [2.05, 4.69) is 16.0 Å². The minimum absolute atomic E-state index is 0.00257. The lowest BCUT2D eigenvalue weighted by Gasteiger charge is -2.13. The van der Waals surface area contributed by atoms with E-state index in [-0.39, 0.29) is 5.91 Å². The molecule has 4 aromatic rings. The van der Waals surface area contributed by atoms with Crippen LogP contribution < -0.4 is 10.1 Å². The Balaban J connectivity index is 1.34. The molecule has 1 heterocycles. The average Bonchev–Trinajstić information content (AvgIpc) is 3.19. The molecule has 0 atom stereocenters. The molecule has 0 aliphatic rings. The molecule has 0 spiro atoms. The molecule has 5 nitrogen and oxygen atoms in total. The lowest BCUT2D eigenvalue weighted by molar-refractivity contribution is -0.120. The second-order valence-electron chi connectivity index (χ2n) is 8.64. The second-order valence-corrected chi connectivity index (χ2v) is 9.46. The molecule has 182 valence electrons. The van der Waals surface area contributed by atoms with Crippen LogP contribution in [0.4, 0.5) is 0 Å². The van der Waals surface area contributed by atoms with Gasteiger partial charge in [0, 0.05) is 23.0 Å². The number of aryl methyl sites for hydroxylation is 3. The van der Waals surface area contributed by atoms with Crippen LogP contribution in [0.5, 0.6) is 5.75 Å². The number of ether oxygens (including phenoxy) is 1. The third kappa shape index (κ3) is 6.56. The maximum absolute atomic E-state index is 12.3. The lowest BCUT2D eigenvalue weighted by atomic mass is 10.1. The SMILES string of the molecule is Cc1cc(OCCn2c(CCCNC(=O)Cc3ccc(Cl)cc3)nc3ccccc32)cc(C)c1Cl. The smallest absolute Gasteiger partial charge is 0.224 e. The summed E-state index contributed by atoms with van der Waals surface area (Å²) < 4.78 is 8.26. The summed E-state index contributed by atoms with van der Waals surface area (Å²) in [5.41, 5.74) is 5.01. The van der Waals surface area contributed by atoms with E-state index in [1.807, 2.05) is 56.3 Å². The van der Waals surface area contributed by atoms with Crippen LogP contribution >= 0.6 is 23.2 Å². The number of imidazole rings is 1. The molecule has 1 N–H and O–H groups in total. The average molecular weight is 510 g/mol. The Kier molecular flexibility index (Phi) is 8.32. The maximum atomic E-state index is 12.3. The fourth-order valence-electron chi connectivity index (χ4n) is 4.13. The van der Waals surface area contributed by atoms with Gasteiger partial charge < -0.3 is 14.6 Å². The molecule has 7 heteroatoms. The summed E-state index contributed by atoms with van der Waals surface area (Å²) in [5, 5.41) is 4.45. The highest BCUT2D eigenvalue weighted by Crippen LogP contribution is 2.26. The molecule has 0 unspecified atom stereocenters. The molecule has 1 amide bonds. The van der Waals surface area contributed by atoms with E-state index in [4.69, 9.17) is 32.9 Å². The Bertz CT molecular complexity index is 1290. The largest absolute Gasteiger partial charge is 0.492 e. The van der Waals surface area contributed by atoms with Crippen LogP contribution in [0.3, 0.4) is 0 Å². The van der Waals surface area contributed by atoms with Crippen molar-refractivity contribution < 1.29 is 9.53 Å². The summed E-state index contributed by atoms with van der Waals surface area (Å²) in [6, 6.07) is 19.4. The Morgan fingerprint density at radius 1 is 1.03 bits per heavy atom. The molecule has 0 aliphatic carbocycles. The summed E-state index contributed by atoms with van der Waals surface area (Å²) in [6.45, 7) is 5.76. The molecule has 0 aliphatic heterocycles. The molecule has 1 aromatic heterocycles. The highest BCUT2D eigenvalue weighted by Gasteiger charge is 2.11. The van der Waals surface area contributed by atoms with Crippen molar-refractivity contribution in [3.63, 3.8) is 0 Å². The number of amides is 1. The zero-order valence-corrected chi connectivity index (χ0v) is 21.5. The van der Waals surface area contributed by atoms with Gasteiger partial charge in [-0.1, -0.05) is 47.5 Å². The van der Waals surface area contributed by atoms with E-state index < -0.39 is 0 Å². The maximum Gasteiger partial charge on any atom is 0.224 e. The summed E-state index contributed by atoms with van der Waals surface area (Å²) in [6.07, 6.45) is 1.90. The molecule has 3 aromatic carbocycles. The number of nitrogens with zero attached hydrogens (tertiary/aromatic N) is 2. The van der Waals surface area contributed by atoms with Gasteiger partial charge in [-0.2, -0.15) is 0 Å². The van der Waals surface area contributed by atoms with E-state index in [0.29, 0.717) is 31.1 Å². The minimum Gasteiger partial charge on any atom is -0.492 e. The van der Waals surface area contributed by atoms with Gasteiger partial charge in [-0.05, 0) is 73.4 Å². The number of rotatable bonds is 10. The van der Waals surface area contributed by atoms with Crippen LogP contribution in [0.25, 0.3) is 11.0 Å². The van der Waals surface area contributed by atoms with Crippen molar-refractivity contribution in [3.05, 3.63) is 93.2 Å². The third-order valence-corrected chi connectivity index (χ3v) is 6.75. The summed E-state index contributed by atoms with van der Waals surface area (Å²) in [7, 11) is 0. The zero-order chi connectivity index (χ0) is 24.8. The topological polar surface area (TPSA) is 56.1 Å². The Morgan fingerprint density at radius 2 is 1.74 bits per heavy atom. The van der Waals surface area contributed by atoms with Crippen LogP contribution in [0.15, 0.2) is 60.7 Å². The first kappa shape index (κ1) is 25.1. The predicted octanol–water partition coefficient (Wildman–Crippen LogP) is 6.33. The first-order valence-electron chi connectivity index (χ1n) is 11.8. The highest BCUT2D eigenvalue weighted by atomic mass is 35.5. The van der Waals surface area contributed by atoms with Crippen molar-refractivity contribution in [2.75, 3.05) is 13.2 Å². The fourth-order valence-corrected chi connectivity index (χ4v) is 4.37. The number of hydrogen-bond donors (Lipinski definition) is 1. The normalized spacial score (nSPS) is 11.1. The van der Waals surface area contributed by atoms with Gasteiger partial charge in [0.15, 0.2) is 0 Å². The highest BCUT2D eigenvalue weighted by molar-refractivity contribution is 6.32. The molecule has 35 heavy (non-hydrogen) atoms. The van der Waals surface area contributed by atoms with Gasteiger partial charge in [-0.15, -0.1) is 0 Å². The van der Waals surface area contributed by atoms with E-state index >= 15 is 0 Å². The van der Waals surface area contributed by atoms with Gasteiger partial charge in [0.25, 0.3) is 0 Å². The molecule has 0 saturated carbocycles. The van der Waals surface area contributed by atoms with Gasteiger partial charge in [-0.3, -0.25) is 4.79 Å². The molecular formula is C28H29Cl2N3O2. The number of fused-ring (bicyclic) bond motifs is 1. The monoisotopic (exact) mass is 509 g/mol. The number of nitrogens with one attached hydrogen (secondary N) is 1. The van der Waals surface area contributed by atoms with E-state index in [1.165, 1.54) is 0 Å².